The highest BCUT2D eigenvalue weighted by Crippen LogP contribution is 2.43. The zero-order valence-corrected chi connectivity index (χ0v) is 17.1. The predicted octanol–water partition coefficient (Wildman–Crippen LogP) is 4.33. The van der Waals surface area contributed by atoms with Crippen LogP contribution in [0.4, 0.5) is 4.39 Å². The zero-order chi connectivity index (χ0) is 19.0. The van der Waals surface area contributed by atoms with E-state index in [0.717, 1.165) is 18.7 Å². The third kappa shape index (κ3) is 3.84. The average Bonchev–Trinajstić information content (AvgIpc) is 3.24. The van der Waals surface area contributed by atoms with Gasteiger partial charge in [-0.05, 0) is 48.7 Å². The molecule has 2 aliphatic heterocycles. The number of hydrogen-bond acceptors (Lipinski definition) is 3. The number of carbonyl (C=O) groups is 1. The van der Waals surface area contributed by atoms with Crippen molar-refractivity contribution in [2.75, 3.05) is 26.2 Å². The minimum Gasteiger partial charge on any atom is -0.492 e. The number of carbonyl (C=O) groups excluding carboxylic acids is 1. The minimum atomic E-state index is -0.279. The third-order valence-corrected chi connectivity index (χ3v) is 5.79. The van der Waals surface area contributed by atoms with Crippen LogP contribution in [0.2, 0.25) is 5.02 Å². The van der Waals surface area contributed by atoms with Crippen molar-refractivity contribution in [1.29, 1.82) is 0 Å². The van der Waals surface area contributed by atoms with Crippen LogP contribution in [0.5, 0.6) is 5.75 Å². The van der Waals surface area contributed by atoms with Gasteiger partial charge in [0.15, 0.2) is 0 Å². The van der Waals surface area contributed by atoms with Gasteiger partial charge >= 0.3 is 0 Å². The molecule has 0 saturated carbocycles. The first kappa shape index (κ1) is 20.9. The van der Waals surface area contributed by atoms with Gasteiger partial charge in [0.1, 0.15) is 11.6 Å². The topological polar surface area (TPSA) is 41.6 Å². The Morgan fingerprint density at radius 2 is 2.11 bits per heavy atom. The maximum atomic E-state index is 13.8. The quantitative estimate of drug-likeness (QED) is 0.793. The lowest BCUT2D eigenvalue weighted by atomic mass is 9.89. The van der Waals surface area contributed by atoms with Crippen molar-refractivity contribution < 1.29 is 13.9 Å². The molecule has 2 heterocycles. The maximum Gasteiger partial charge on any atom is 0.254 e. The summed E-state index contributed by atoms with van der Waals surface area (Å²) in [7, 11) is 0. The molecule has 1 amide bonds. The monoisotopic (exact) mass is 424 g/mol. The Morgan fingerprint density at radius 3 is 2.82 bits per heavy atom. The molecular weight excluding hydrogens is 402 g/mol. The summed E-state index contributed by atoms with van der Waals surface area (Å²) in [4.78, 5) is 15.2. The van der Waals surface area contributed by atoms with Crippen LogP contribution in [0.25, 0.3) is 0 Å². The third-order valence-electron chi connectivity index (χ3n) is 5.49. The Bertz CT molecular complexity index is 864. The van der Waals surface area contributed by atoms with Gasteiger partial charge in [-0.15, -0.1) is 12.4 Å². The van der Waals surface area contributed by atoms with Gasteiger partial charge in [0, 0.05) is 31.1 Å². The van der Waals surface area contributed by atoms with E-state index in [0.29, 0.717) is 35.4 Å². The molecule has 2 aromatic carbocycles. The van der Waals surface area contributed by atoms with Gasteiger partial charge in [-0.2, -0.15) is 0 Å². The van der Waals surface area contributed by atoms with Gasteiger partial charge in [-0.3, -0.25) is 4.79 Å². The predicted molar refractivity (Wildman–Crippen MR) is 110 cm³/mol. The molecule has 0 aromatic heterocycles. The standard InChI is InChI=1S/C21H22ClFN2O2.ClH/c1-2-27-19-7-6-14(9-18(19)22)21(26)25-12-15-10-24-11-17(15)20(25)13-4-3-5-16(23)8-13;/h3-9,15,17,20,24H,2,10-12H2,1H3;1H/t15-,17-,20+;/m0./s1. The number of benzene rings is 2. The fourth-order valence-corrected chi connectivity index (χ4v) is 4.55. The smallest absolute Gasteiger partial charge is 0.254 e. The van der Waals surface area contributed by atoms with E-state index in [1.165, 1.54) is 12.1 Å². The van der Waals surface area contributed by atoms with Crippen LogP contribution in [0.1, 0.15) is 28.9 Å². The summed E-state index contributed by atoms with van der Waals surface area (Å²) < 4.78 is 19.3. The fourth-order valence-electron chi connectivity index (χ4n) is 4.32. The largest absolute Gasteiger partial charge is 0.492 e. The Morgan fingerprint density at radius 1 is 1.29 bits per heavy atom. The molecule has 28 heavy (non-hydrogen) atoms. The second-order valence-corrected chi connectivity index (χ2v) is 7.52. The van der Waals surface area contributed by atoms with Crippen LogP contribution >= 0.6 is 24.0 Å². The zero-order valence-electron chi connectivity index (χ0n) is 15.5. The number of hydrogen-bond donors (Lipinski definition) is 1. The summed E-state index contributed by atoms with van der Waals surface area (Å²) in [6.07, 6.45) is 0. The number of rotatable bonds is 4. The summed E-state index contributed by atoms with van der Waals surface area (Å²) >= 11 is 6.27. The molecular formula is C21H23Cl2FN2O2. The highest BCUT2D eigenvalue weighted by atomic mass is 35.5. The number of fused-ring (bicyclic) bond motifs is 1. The number of nitrogens with zero attached hydrogens (tertiary/aromatic N) is 1. The van der Waals surface area contributed by atoms with E-state index < -0.39 is 0 Å². The molecule has 4 nitrogen and oxygen atoms in total. The van der Waals surface area contributed by atoms with Crippen LogP contribution in [0, 0.1) is 17.7 Å². The molecule has 0 unspecified atom stereocenters. The molecule has 2 aromatic rings. The second kappa shape index (κ2) is 8.68. The van der Waals surface area contributed by atoms with E-state index in [4.69, 9.17) is 16.3 Å². The summed E-state index contributed by atoms with van der Waals surface area (Å²) in [5.41, 5.74) is 1.37. The summed E-state index contributed by atoms with van der Waals surface area (Å²) in [5, 5.41) is 3.82. The highest BCUT2D eigenvalue weighted by Gasteiger charge is 2.46. The van der Waals surface area contributed by atoms with E-state index in [-0.39, 0.29) is 36.1 Å². The van der Waals surface area contributed by atoms with Crippen LogP contribution in [0.3, 0.4) is 0 Å². The van der Waals surface area contributed by atoms with Gasteiger partial charge in [0.25, 0.3) is 5.91 Å². The maximum absolute atomic E-state index is 13.8. The van der Waals surface area contributed by atoms with E-state index in [1.54, 1.807) is 24.3 Å². The summed E-state index contributed by atoms with van der Waals surface area (Å²) in [5.74, 6) is 0.872. The van der Waals surface area contributed by atoms with Crippen LogP contribution in [-0.4, -0.2) is 37.0 Å². The SMILES string of the molecule is CCOc1ccc(C(=O)N2C[C@@H]3CNC[C@@H]3[C@H]2c2cccc(F)c2)cc1Cl.Cl. The molecule has 0 bridgehead atoms. The lowest BCUT2D eigenvalue weighted by Crippen LogP contribution is -2.34. The first-order chi connectivity index (χ1) is 13.1. The van der Waals surface area contributed by atoms with E-state index >= 15 is 0 Å². The van der Waals surface area contributed by atoms with Crippen molar-refractivity contribution in [3.63, 3.8) is 0 Å². The average molecular weight is 425 g/mol. The minimum absolute atomic E-state index is 0. The lowest BCUT2D eigenvalue weighted by Gasteiger charge is -2.28. The fraction of sp³-hybridized carbons (Fsp3) is 0.381. The van der Waals surface area contributed by atoms with E-state index in [1.807, 2.05) is 17.9 Å². The number of ether oxygens (including phenoxy) is 1. The Labute approximate surface area is 175 Å². The molecule has 150 valence electrons. The van der Waals surface area contributed by atoms with E-state index in [9.17, 15) is 9.18 Å². The molecule has 0 spiro atoms. The van der Waals surface area contributed by atoms with Gasteiger partial charge in [0.2, 0.25) is 0 Å². The van der Waals surface area contributed by atoms with Crippen molar-refractivity contribution >= 4 is 29.9 Å². The Balaban J connectivity index is 0.00000225. The molecule has 0 radical (unpaired) electrons. The summed E-state index contributed by atoms with van der Waals surface area (Å²) in [6, 6.07) is 11.6. The van der Waals surface area contributed by atoms with Crippen molar-refractivity contribution in [1.82, 2.24) is 10.2 Å². The molecule has 2 saturated heterocycles. The molecule has 2 fully saturated rings. The van der Waals surface area contributed by atoms with Crippen LogP contribution in [-0.2, 0) is 0 Å². The van der Waals surface area contributed by atoms with Crippen molar-refractivity contribution in [2.24, 2.45) is 11.8 Å². The molecule has 0 aliphatic carbocycles. The van der Waals surface area contributed by atoms with Crippen molar-refractivity contribution in [3.8, 4) is 5.75 Å². The van der Waals surface area contributed by atoms with Crippen LogP contribution < -0.4 is 10.1 Å². The summed E-state index contributed by atoms with van der Waals surface area (Å²) in [6.45, 7) is 4.76. The van der Waals surface area contributed by atoms with Crippen molar-refractivity contribution in [3.05, 3.63) is 64.4 Å². The first-order valence-electron chi connectivity index (χ1n) is 9.28. The normalized spacial score (nSPS) is 23.2. The Hall–Kier alpha value is -1.82. The number of likely N-dealkylation sites (tertiary alicyclic amines) is 1. The van der Waals surface area contributed by atoms with Gasteiger partial charge in [-0.1, -0.05) is 23.7 Å². The molecule has 2 aliphatic rings. The lowest BCUT2D eigenvalue weighted by molar-refractivity contribution is 0.0713. The molecule has 4 rings (SSSR count). The molecule has 1 N–H and O–H groups in total. The molecule has 7 heteroatoms. The molecule has 3 atom stereocenters. The van der Waals surface area contributed by atoms with E-state index in [2.05, 4.69) is 5.32 Å². The Kier molecular flexibility index (Phi) is 6.48. The number of halogens is 3. The second-order valence-electron chi connectivity index (χ2n) is 7.12. The number of amides is 1. The van der Waals surface area contributed by atoms with Gasteiger partial charge in [0.05, 0.1) is 17.7 Å². The van der Waals surface area contributed by atoms with Crippen LogP contribution in [0.15, 0.2) is 42.5 Å². The first-order valence-corrected chi connectivity index (χ1v) is 9.65. The number of nitrogens with one attached hydrogen (secondary N) is 1. The van der Waals surface area contributed by atoms with Gasteiger partial charge in [-0.25, -0.2) is 4.39 Å². The van der Waals surface area contributed by atoms with Crippen molar-refractivity contribution in [2.45, 2.75) is 13.0 Å². The highest BCUT2D eigenvalue weighted by molar-refractivity contribution is 6.32. The van der Waals surface area contributed by atoms with Gasteiger partial charge < -0.3 is 15.0 Å².